The first-order valence-corrected chi connectivity index (χ1v) is 6.41. The average Bonchev–Trinajstić information content (AvgIpc) is 2.47. The first-order valence-electron chi connectivity index (χ1n) is 6.41. The smallest absolute Gasteiger partial charge is 0.347 e. The second-order valence-electron chi connectivity index (χ2n) is 4.19. The number of rotatable bonds is 5. The number of hydrogen-bond donors (Lipinski definition) is 0. The molecule has 0 aliphatic heterocycles. The van der Waals surface area contributed by atoms with Crippen molar-refractivity contribution in [3.05, 3.63) is 64.0 Å². The lowest BCUT2D eigenvalue weighted by Gasteiger charge is -2.09. The van der Waals surface area contributed by atoms with Gasteiger partial charge in [0.2, 0.25) is 5.75 Å². The lowest BCUT2D eigenvalue weighted by atomic mass is 10.2. The molecule has 0 radical (unpaired) electrons. The van der Waals surface area contributed by atoms with Crippen molar-refractivity contribution in [3.63, 3.8) is 0 Å². The van der Waals surface area contributed by atoms with E-state index in [4.69, 9.17) is 9.47 Å². The summed E-state index contributed by atoms with van der Waals surface area (Å²) < 4.78 is 23.5. The first kappa shape index (κ1) is 15.4. The number of nitro benzene ring substituents is 1. The van der Waals surface area contributed by atoms with E-state index in [1.807, 2.05) is 0 Å². The zero-order valence-corrected chi connectivity index (χ0v) is 11.6. The molecular formula is C15H12FNO5. The van der Waals surface area contributed by atoms with Gasteiger partial charge < -0.3 is 9.47 Å². The molecule has 0 unspecified atom stereocenters. The molecule has 0 spiro atoms. The van der Waals surface area contributed by atoms with Crippen LogP contribution in [0.2, 0.25) is 0 Å². The molecule has 0 N–H and O–H groups in total. The zero-order chi connectivity index (χ0) is 16.1. The summed E-state index contributed by atoms with van der Waals surface area (Å²) in [7, 11) is 0. The third kappa shape index (κ3) is 3.38. The van der Waals surface area contributed by atoms with Crippen LogP contribution in [0.25, 0.3) is 0 Å². The summed E-state index contributed by atoms with van der Waals surface area (Å²) in [6.45, 7) is 2.09. The van der Waals surface area contributed by atoms with Gasteiger partial charge in [-0.1, -0.05) is 12.1 Å². The number of hydrogen-bond acceptors (Lipinski definition) is 5. The second-order valence-corrected chi connectivity index (χ2v) is 4.19. The normalized spacial score (nSPS) is 10.1. The van der Waals surface area contributed by atoms with E-state index in [-0.39, 0.29) is 11.3 Å². The molecule has 114 valence electrons. The van der Waals surface area contributed by atoms with E-state index in [9.17, 15) is 19.3 Å². The van der Waals surface area contributed by atoms with E-state index < -0.39 is 28.1 Å². The molecule has 6 nitrogen and oxygen atoms in total. The molecule has 0 aliphatic carbocycles. The number of para-hydroxylation sites is 1. The minimum Gasteiger partial charge on any atom is -0.493 e. The Bertz CT molecular complexity index is 717. The van der Waals surface area contributed by atoms with Crippen molar-refractivity contribution < 1.29 is 23.6 Å². The highest BCUT2D eigenvalue weighted by molar-refractivity contribution is 5.94. The molecule has 0 bridgehead atoms. The summed E-state index contributed by atoms with van der Waals surface area (Å²) in [4.78, 5) is 22.3. The van der Waals surface area contributed by atoms with Crippen LogP contribution in [0.4, 0.5) is 10.1 Å². The standard InChI is InChI=1S/C15H12FNO5/c1-2-21-13-6-4-3-5-11(13)15(18)22-14-9-10(16)7-8-12(14)17(19)20/h3-9H,2H2,1H3. The number of carbonyl (C=O) groups is 1. The Morgan fingerprint density at radius 1 is 1.23 bits per heavy atom. The summed E-state index contributed by atoms with van der Waals surface area (Å²) in [5.41, 5.74) is -0.397. The Hall–Kier alpha value is -2.96. The molecule has 7 heteroatoms. The van der Waals surface area contributed by atoms with E-state index in [2.05, 4.69) is 0 Å². The maximum absolute atomic E-state index is 13.2. The van der Waals surface area contributed by atoms with Crippen LogP contribution in [-0.2, 0) is 0 Å². The third-order valence-electron chi connectivity index (χ3n) is 2.73. The maximum Gasteiger partial charge on any atom is 0.347 e. The van der Waals surface area contributed by atoms with Crippen LogP contribution in [0.3, 0.4) is 0 Å². The van der Waals surface area contributed by atoms with Crippen LogP contribution in [0, 0.1) is 15.9 Å². The van der Waals surface area contributed by atoms with Crippen molar-refractivity contribution in [2.75, 3.05) is 6.61 Å². The highest BCUT2D eigenvalue weighted by Crippen LogP contribution is 2.29. The lowest BCUT2D eigenvalue weighted by Crippen LogP contribution is -2.12. The Balaban J connectivity index is 2.33. The van der Waals surface area contributed by atoms with E-state index in [0.29, 0.717) is 6.61 Å². The van der Waals surface area contributed by atoms with Crippen LogP contribution in [0.5, 0.6) is 11.5 Å². The minimum atomic E-state index is -0.863. The predicted octanol–water partition coefficient (Wildman–Crippen LogP) is 3.35. The molecule has 0 atom stereocenters. The van der Waals surface area contributed by atoms with Gasteiger partial charge in [0.1, 0.15) is 17.1 Å². The summed E-state index contributed by atoms with van der Waals surface area (Å²) in [6.07, 6.45) is 0. The summed E-state index contributed by atoms with van der Waals surface area (Å²) in [5, 5.41) is 10.9. The first-order chi connectivity index (χ1) is 10.5. The molecule has 0 saturated heterocycles. The van der Waals surface area contributed by atoms with Gasteiger partial charge in [0.05, 0.1) is 11.5 Å². The lowest BCUT2D eigenvalue weighted by molar-refractivity contribution is -0.385. The summed E-state index contributed by atoms with van der Waals surface area (Å²) in [6, 6.07) is 8.94. The van der Waals surface area contributed by atoms with Crippen molar-refractivity contribution >= 4 is 11.7 Å². The largest absolute Gasteiger partial charge is 0.493 e. The van der Waals surface area contributed by atoms with Gasteiger partial charge in [-0.05, 0) is 25.1 Å². The molecule has 0 saturated carbocycles. The SMILES string of the molecule is CCOc1ccccc1C(=O)Oc1cc(F)ccc1[N+](=O)[O-]. The fourth-order valence-corrected chi connectivity index (χ4v) is 1.79. The van der Waals surface area contributed by atoms with E-state index in [0.717, 1.165) is 18.2 Å². The van der Waals surface area contributed by atoms with Crippen LogP contribution in [0.1, 0.15) is 17.3 Å². The number of carbonyl (C=O) groups excluding carboxylic acids is 1. The summed E-state index contributed by atoms with van der Waals surface area (Å²) in [5.74, 6) is -1.78. The van der Waals surface area contributed by atoms with Gasteiger partial charge in [-0.2, -0.15) is 0 Å². The van der Waals surface area contributed by atoms with Crippen molar-refractivity contribution in [1.29, 1.82) is 0 Å². The monoisotopic (exact) mass is 305 g/mol. The Labute approximate surface area is 125 Å². The molecule has 0 heterocycles. The van der Waals surface area contributed by atoms with Gasteiger partial charge in [0.15, 0.2) is 0 Å². The molecule has 2 aromatic carbocycles. The summed E-state index contributed by atoms with van der Waals surface area (Å²) >= 11 is 0. The van der Waals surface area contributed by atoms with Crippen LogP contribution in [0.15, 0.2) is 42.5 Å². The van der Waals surface area contributed by atoms with Crippen LogP contribution >= 0.6 is 0 Å². The number of esters is 1. The van der Waals surface area contributed by atoms with E-state index in [1.54, 1.807) is 25.1 Å². The zero-order valence-electron chi connectivity index (χ0n) is 11.6. The van der Waals surface area contributed by atoms with Crippen molar-refractivity contribution in [3.8, 4) is 11.5 Å². The molecule has 22 heavy (non-hydrogen) atoms. The maximum atomic E-state index is 13.2. The number of nitro groups is 1. The number of nitrogens with zero attached hydrogens (tertiary/aromatic N) is 1. The Morgan fingerprint density at radius 3 is 2.64 bits per heavy atom. The van der Waals surface area contributed by atoms with Gasteiger partial charge in [-0.3, -0.25) is 10.1 Å². The quantitative estimate of drug-likeness (QED) is 0.366. The topological polar surface area (TPSA) is 78.7 Å². The fraction of sp³-hybridized carbons (Fsp3) is 0.133. The molecule has 0 amide bonds. The molecule has 0 aromatic heterocycles. The molecule has 0 fully saturated rings. The van der Waals surface area contributed by atoms with Crippen molar-refractivity contribution in [2.45, 2.75) is 6.92 Å². The fourth-order valence-electron chi connectivity index (χ4n) is 1.79. The molecule has 2 aromatic rings. The highest BCUT2D eigenvalue weighted by atomic mass is 19.1. The molecule has 0 aliphatic rings. The number of benzene rings is 2. The van der Waals surface area contributed by atoms with E-state index >= 15 is 0 Å². The van der Waals surface area contributed by atoms with Crippen LogP contribution < -0.4 is 9.47 Å². The van der Waals surface area contributed by atoms with Gasteiger partial charge in [0, 0.05) is 12.1 Å². The predicted molar refractivity (Wildman–Crippen MR) is 75.6 cm³/mol. The van der Waals surface area contributed by atoms with E-state index in [1.165, 1.54) is 6.07 Å². The highest BCUT2D eigenvalue weighted by Gasteiger charge is 2.21. The van der Waals surface area contributed by atoms with Crippen LogP contribution in [-0.4, -0.2) is 17.5 Å². The second kappa shape index (κ2) is 6.66. The Kier molecular flexibility index (Phi) is 4.67. The third-order valence-corrected chi connectivity index (χ3v) is 2.73. The van der Waals surface area contributed by atoms with Gasteiger partial charge in [-0.15, -0.1) is 0 Å². The van der Waals surface area contributed by atoms with Gasteiger partial charge in [0.25, 0.3) is 0 Å². The molecular weight excluding hydrogens is 293 g/mol. The average molecular weight is 305 g/mol. The van der Waals surface area contributed by atoms with Gasteiger partial charge in [-0.25, -0.2) is 9.18 Å². The van der Waals surface area contributed by atoms with Gasteiger partial charge >= 0.3 is 11.7 Å². The Morgan fingerprint density at radius 2 is 1.95 bits per heavy atom. The van der Waals surface area contributed by atoms with Crippen molar-refractivity contribution in [2.24, 2.45) is 0 Å². The molecule has 2 rings (SSSR count). The van der Waals surface area contributed by atoms with Crippen molar-refractivity contribution in [1.82, 2.24) is 0 Å². The number of ether oxygens (including phenoxy) is 2. The number of halogens is 1. The minimum absolute atomic E-state index is 0.0999.